The molecule has 6 nitrogen and oxygen atoms in total. The number of aliphatic hydroxyl groups excluding tert-OH is 1. The predicted octanol–water partition coefficient (Wildman–Crippen LogP) is 4.00. The highest BCUT2D eigenvalue weighted by molar-refractivity contribution is 7.09. The van der Waals surface area contributed by atoms with Crippen molar-refractivity contribution in [1.29, 1.82) is 0 Å². The van der Waals surface area contributed by atoms with Crippen LogP contribution in [-0.4, -0.2) is 40.0 Å². The van der Waals surface area contributed by atoms with Crippen molar-refractivity contribution in [1.82, 2.24) is 4.98 Å². The first-order valence-corrected chi connectivity index (χ1v) is 10.8. The predicted molar refractivity (Wildman–Crippen MR) is 109 cm³/mol. The molecular formula is C22H25NO5S. The number of carbonyl (C=O) groups is 1. The molecule has 0 unspecified atom stereocenters. The van der Waals surface area contributed by atoms with E-state index >= 15 is 0 Å². The zero-order valence-corrected chi connectivity index (χ0v) is 17.0. The second kappa shape index (κ2) is 8.65. The first kappa shape index (κ1) is 20.1. The maximum absolute atomic E-state index is 11.1. The molecule has 0 radical (unpaired) electrons. The minimum absolute atomic E-state index is 0.0340. The Labute approximate surface area is 173 Å². The highest BCUT2D eigenvalue weighted by atomic mass is 32.1. The summed E-state index contributed by atoms with van der Waals surface area (Å²) in [6.45, 7) is 2.49. The monoisotopic (exact) mass is 415 g/mol. The summed E-state index contributed by atoms with van der Waals surface area (Å²) in [5.41, 5.74) is 1.22. The highest BCUT2D eigenvalue weighted by Gasteiger charge is 2.45. The third-order valence-electron chi connectivity index (χ3n) is 5.70. The maximum Gasteiger partial charge on any atom is 0.355 e. The van der Waals surface area contributed by atoms with Gasteiger partial charge in [0, 0.05) is 17.7 Å². The van der Waals surface area contributed by atoms with E-state index in [0.717, 1.165) is 24.2 Å². The minimum atomic E-state index is -1.02. The second-order valence-electron chi connectivity index (χ2n) is 7.72. The SMILES string of the molecule is Cc1cccc(OC/C=C/[C@@H]2[C@H]3CC[C@H](c4nc(C(=O)O)cs4)O[C@H]3C[C@H]2O)c1. The van der Waals surface area contributed by atoms with E-state index in [2.05, 4.69) is 11.1 Å². The lowest BCUT2D eigenvalue weighted by Gasteiger charge is -2.33. The van der Waals surface area contributed by atoms with Crippen LogP contribution in [0.4, 0.5) is 0 Å². The zero-order valence-electron chi connectivity index (χ0n) is 16.2. The molecule has 5 atom stereocenters. The molecule has 0 bridgehead atoms. The molecule has 1 saturated heterocycles. The lowest BCUT2D eigenvalue weighted by atomic mass is 9.86. The van der Waals surface area contributed by atoms with Gasteiger partial charge in [-0.3, -0.25) is 0 Å². The fourth-order valence-corrected chi connectivity index (χ4v) is 5.17. The third kappa shape index (κ3) is 4.52. The number of aromatic carboxylic acids is 1. The van der Waals surface area contributed by atoms with Gasteiger partial charge in [-0.1, -0.05) is 24.3 Å². The van der Waals surface area contributed by atoms with Crippen LogP contribution in [0.2, 0.25) is 0 Å². The van der Waals surface area contributed by atoms with E-state index in [-0.39, 0.29) is 29.7 Å². The van der Waals surface area contributed by atoms with Crippen molar-refractivity contribution in [3.8, 4) is 5.75 Å². The van der Waals surface area contributed by atoms with Gasteiger partial charge in [-0.2, -0.15) is 0 Å². The number of rotatable bonds is 6. The highest BCUT2D eigenvalue weighted by Crippen LogP contribution is 2.46. The van der Waals surface area contributed by atoms with Gasteiger partial charge < -0.3 is 19.7 Å². The second-order valence-corrected chi connectivity index (χ2v) is 8.61. The number of ether oxygens (including phenoxy) is 2. The molecule has 2 heterocycles. The molecule has 0 spiro atoms. The normalized spacial score (nSPS) is 29.1. The van der Waals surface area contributed by atoms with Crippen LogP contribution in [0.25, 0.3) is 0 Å². The van der Waals surface area contributed by atoms with E-state index < -0.39 is 12.1 Å². The summed E-state index contributed by atoms with van der Waals surface area (Å²) >= 11 is 1.33. The van der Waals surface area contributed by atoms with Crippen molar-refractivity contribution in [2.24, 2.45) is 11.8 Å². The summed E-state index contributed by atoms with van der Waals surface area (Å²) in [5.74, 6) is 0.131. The number of carboxylic acid groups (broad SMARTS) is 1. The number of aryl methyl sites for hydroxylation is 1. The van der Waals surface area contributed by atoms with Crippen molar-refractivity contribution in [2.75, 3.05) is 6.61 Å². The molecule has 2 fully saturated rings. The first-order chi connectivity index (χ1) is 14.0. The summed E-state index contributed by atoms with van der Waals surface area (Å²) in [5, 5.41) is 21.9. The lowest BCUT2D eigenvalue weighted by molar-refractivity contribution is -0.0767. The van der Waals surface area contributed by atoms with Crippen LogP contribution >= 0.6 is 11.3 Å². The average Bonchev–Trinajstić information content (AvgIpc) is 3.30. The average molecular weight is 416 g/mol. The summed E-state index contributed by atoms with van der Waals surface area (Å²) < 4.78 is 12.0. The molecule has 7 heteroatoms. The quantitative estimate of drug-likeness (QED) is 0.693. The molecule has 1 aliphatic heterocycles. The largest absolute Gasteiger partial charge is 0.490 e. The Morgan fingerprint density at radius 1 is 1.41 bits per heavy atom. The van der Waals surface area contributed by atoms with Crippen molar-refractivity contribution in [3.63, 3.8) is 0 Å². The number of carboxylic acids is 1. The number of hydrogen-bond acceptors (Lipinski definition) is 6. The molecule has 0 amide bonds. The van der Waals surface area contributed by atoms with Gasteiger partial charge in [0.2, 0.25) is 0 Å². The molecule has 4 rings (SSSR count). The Morgan fingerprint density at radius 2 is 2.28 bits per heavy atom. The summed E-state index contributed by atoms with van der Waals surface area (Å²) in [7, 11) is 0. The van der Waals surface area contributed by atoms with Gasteiger partial charge in [-0.15, -0.1) is 11.3 Å². The van der Waals surface area contributed by atoms with E-state index in [1.165, 1.54) is 11.3 Å². The maximum atomic E-state index is 11.1. The van der Waals surface area contributed by atoms with Crippen LogP contribution < -0.4 is 4.74 Å². The summed E-state index contributed by atoms with van der Waals surface area (Å²) in [6, 6.07) is 7.93. The van der Waals surface area contributed by atoms with Crippen molar-refractivity contribution < 1.29 is 24.5 Å². The Bertz CT molecular complexity index is 895. The van der Waals surface area contributed by atoms with Gasteiger partial charge >= 0.3 is 5.97 Å². The van der Waals surface area contributed by atoms with Crippen molar-refractivity contribution >= 4 is 17.3 Å². The van der Waals surface area contributed by atoms with E-state index in [0.29, 0.717) is 18.0 Å². The van der Waals surface area contributed by atoms with E-state index in [4.69, 9.17) is 14.6 Å². The van der Waals surface area contributed by atoms with Crippen LogP contribution in [0.3, 0.4) is 0 Å². The standard InChI is InChI=1S/C22H25NO5S/c1-13-4-2-5-14(10-13)27-9-3-6-15-16-7-8-19(28-20(16)11-18(15)24)21-23-17(12-29-21)22(25)26/h2-6,10,12,15-16,18-20,24H,7-9,11H2,1H3,(H,25,26)/b6-3+/t15-,16-,18-,19-,20+/m1/s1. The van der Waals surface area contributed by atoms with E-state index in [9.17, 15) is 9.90 Å². The molecule has 2 aliphatic rings. The molecule has 2 N–H and O–H groups in total. The van der Waals surface area contributed by atoms with Gasteiger partial charge in [0.05, 0.1) is 12.2 Å². The third-order valence-corrected chi connectivity index (χ3v) is 6.64. The van der Waals surface area contributed by atoms with Crippen LogP contribution in [0.1, 0.15) is 46.4 Å². The molecule has 2 aromatic rings. The number of aromatic nitrogens is 1. The summed E-state index contributed by atoms with van der Waals surface area (Å²) in [6.07, 6.45) is 5.66. The van der Waals surface area contributed by atoms with Crippen LogP contribution in [-0.2, 0) is 4.74 Å². The number of hydrogen-bond donors (Lipinski definition) is 2. The summed E-state index contributed by atoms with van der Waals surface area (Å²) in [4.78, 5) is 15.2. The molecule has 29 heavy (non-hydrogen) atoms. The fraction of sp³-hybridized carbons (Fsp3) is 0.455. The van der Waals surface area contributed by atoms with Gasteiger partial charge in [0.25, 0.3) is 0 Å². The first-order valence-electron chi connectivity index (χ1n) is 9.89. The van der Waals surface area contributed by atoms with Gasteiger partial charge in [-0.05, 0) is 43.4 Å². The molecule has 1 saturated carbocycles. The van der Waals surface area contributed by atoms with Crippen molar-refractivity contribution in [2.45, 2.75) is 44.5 Å². The van der Waals surface area contributed by atoms with E-state index in [1.54, 1.807) is 5.38 Å². The molecule has 1 aliphatic carbocycles. The number of fused-ring (bicyclic) bond motifs is 1. The lowest BCUT2D eigenvalue weighted by Crippen LogP contribution is -2.30. The van der Waals surface area contributed by atoms with Crippen LogP contribution in [0.5, 0.6) is 5.75 Å². The molecular weight excluding hydrogens is 390 g/mol. The van der Waals surface area contributed by atoms with Gasteiger partial charge in [0.15, 0.2) is 5.69 Å². The number of thiazole rings is 1. The smallest absolute Gasteiger partial charge is 0.355 e. The number of aliphatic hydroxyl groups is 1. The van der Waals surface area contributed by atoms with E-state index in [1.807, 2.05) is 37.3 Å². The minimum Gasteiger partial charge on any atom is -0.490 e. The number of nitrogens with zero attached hydrogens (tertiary/aromatic N) is 1. The Balaban J connectivity index is 1.33. The molecule has 154 valence electrons. The Morgan fingerprint density at radius 3 is 3.03 bits per heavy atom. The van der Waals surface area contributed by atoms with Gasteiger partial charge in [0.1, 0.15) is 23.5 Å². The Hall–Kier alpha value is -2.22. The topological polar surface area (TPSA) is 88.9 Å². The van der Waals surface area contributed by atoms with Crippen molar-refractivity contribution in [3.05, 3.63) is 58.1 Å². The number of benzene rings is 1. The van der Waals surface area contributed by atoms with Crippen LogP contribution in [0, 0.1) is 18.8 Å². The van der Waals surface area contributed by atoms with Crippen LogP contribution in [0.15, 0.2) is 41.8 Å². The Kier molecular flexibility index (Phi) is 5.99. The molecule has 1 aromatic heterocycles. The fourth-order valence-electron chi connectivity index (χ4n) is 4.31. The van der Waals surface area contributed by atoms with Gasteiger partial charge in [-0.25, -0.2) is 9.78 Å². The molecule has 1 aromatic carbocycles. The zero-order chi connectivity index (χ0) is 20.4.